The van der Waals surface area contributed by atoms with Gasteiger partial charge in [0.05, 0.1) is 42.8 Å². The summed E-state index contributed by atoms with van der Waals surface area (Å²) in [4.78, 5) is 63.7. The van der Waals surface area contributed by atoms with E-state index in [9.17, 15) is 19.2 Å². The largest absolute Gasteiger partial charge is 0.466 e. The molecule has 3 heterocycles. The summed E-state index contributed by atoms with van der Waals surface area (Å²) in [5, 5.41) is 0. The minimum Gasteiger partial charge on any atom is -0.466 e. The Morgan fingerprint density at radius 3 is 2.44 bits per heavy atom. The average Bonchev–Trinajstić information content (AvgIpc) is 3.37. The van der Waals surface area contributed by atoms with Crippen LogP contribution in [0.1, 0.15) is 71.4 Å². The molecule has 1 aromatic heterocycles. The fourth-order valence-electron chi connectivity index (χ4n) is 5.99. The Kier molecular flexibility index (Phi) is 11.5. The number of fused-ring (bicyclic) bond motifs is 1. The second-order valence-electron chi connectivity index (χ2n) is 13.2. The highest BCUT2D eigenvalue weighted by Crippen LogP contribution is 2.28. The zero-order valence-electron chi connectivity index (χ0n) is 27.6. The van der Waals surface area contributed by atoms with E-state index in [0.717, 1.165) is 5.52 Å². The molecular formula is C33H49N5O7. The van der Waals surface area contributed by atoms with Gasteiger partial charge in [-0.1, -0.05) is 26.0 Å². The first kappa shape index (κ1) is 34.2. The van der Waals surface area contributed by atoms with E-state index >= 15 is 0 Å². The van der Waals surface area contributed by atoms with E-state index in [1.807, 2.05) is 63.5 Å². The topological polar surface area (TPSA) is 124 Å². The standard InChI is InChI=1S/C33H49N5O7/c1-7-44-28(39)13-10-14-37-27-12-9-8-11-26(27)34-29(37)31(41)38(20-23(2)3)25-19-24(30(40)35-15-17-43-18-16-35)21-36(22-25)32(42)45-33(4,5)6/h8-9,11-12,23-25H,7,10,13-22H2,1-6H3/t24-,25+/m1/s1. The van der Waals surface area contributed by atoms with Crippen LogP contribution in [0.25, 0.3) is 11.0 Å². The molecule has 45 heavy (non-hydrogen) atoms. The highest BCUT2D eigenvalue weighted by atomic mass is 16.6. The lowest BCUT2D eigenvalue weighted by molar-refractivity contribution is -0.143. The number of aromatic nitrogens is 2. The third-order valence-electron chi connectivity index (χ3n) is 7.93. The molecule has 0 N–H and O–H groups in total. The summed E-state index contributed by atoms with van der Waals surface area (Å²) < 4.78 is 18.2. The molecule has 0 unspecified atom stereocenters. The molecule has 0 spiro atoms. The maximum atomic E-state index is 14.6. The molecule has 2 saturated heterocycles. The minimum atomic E-state index is -0.713. The van der Waals surface area contributed by atoms with Gasteiger partial charge < -0.3 is 33.5 Å². The van der Waals surface area contributed by atoms with E-state index in [1.54, 1.807) is 21.6 Å². The van der Waals surface area contributed by atoms with E-state index in [4.69, 9.17) is 19.2 Å². The molecule has 248 valence electrons. The molecule has 2 aliphatic rings. The number of piperidine rings is 1. The molecule has 3 amide bonds. The van der Waals surface area contributed by atoms with Gasteiger partial charge in [-0.25, -0.2) is 9.78 Å². The molecule has 2 aromatic rings. The fourth-order valence-corrected chi connectivity index (χ4v) is 5.99. The molecular weight excluding hydrogens is 578 g/mol. The zero-order chi connectivity index (χ0) is 32.7. The smallest absolute Gasteiger partial charge is 0.410 e. The van der Waals surface area contributed by atoms with E-state index < -0.39 is 23.7 Å². The van der Waals surface area contributed by atoms with Gasteiger partial charge >= 0.3 is 12.1 Å². The van der Waals surface area contributed by atoms with Gasteiger partial charge in [0.2, 0.25) is 5.91 Å². The Hall–Kier alpha value is -3.67. The van der Waals surface area contributed by atoms with Crippen molar-refractivity contribution in [2.75, 3.05) is 52.5 Å². The lowest BCUT2D eigenvalue weighted by atomic mass is 9.91. The first-order valence-corrected chi connectivity index (χ1v) is 16.1. The van der Waals surface area contributed by atoms with Gasteiger partial charge in [-0.15, -0.1) is 0 Å². The zero-order valence-corrected chi connectivity index (χ0v) is 27.6. The number of carbonyl (C=O) groups excluding carboxylic acids is 4. The summed E-state index contributed by atoms with van der Waals surface area (Å²) in [6, 6.07) is 7.11. The summed E-state index contributed by atoms with van der Waals surface area (Å²) in [5.41, 5.74) is 0.768. The number of hydrogen-bond donors (Lipinski definition) is 0. The van der Waals surface area contributed by atoms with Crippen LogP contribution in [0.2, 0.25) is 0 Å². The molecule has 4 rings (SSSR count). The van der Waals surface area contributed by atoms with Crippen LogP contribution < -0.4 is 0 Å². The number of aryl methyl sites for hydroxylation is 1. The summed E-state index contributed by atoms with van der Waals surface area (Å²) in [6.07, 6.45) is 0.616. The van der Waals surface area contributed by atoms with Gasteiger partial charge in [0, 0.05) is 45.7 Å². The lowest BCUT2D eigenvalue weighted by Crippen LogP contribution is -2.58. The second kappa shape index (κ2) is 15.1. The van der Waals surface area contributed by atoms with Crippen molar-refractivity contribution in [3.63, 3.8) is 0 Å². The number of likely N-dealkylation sites (tertiary alicyclic amines) is 1. The highest BCUT2D eigenvalue weighted by Gasteiger charge is 2.41. The molecule has 12 nitrogen and oxygen atoms in total. The van der Waals surface area contributed by atoms with Crippen molar-refractivity contribution in [3.8, 4) is 0 Å². The van der Waals surface area contributed by atoms with Crippen molar-refractivity contribution in [1.82, 2.24) is 24.3 Å². The predicted octanol–water partition coefficient (Wildman–Crippen LogP) is 3.96. The maximum absolute atomic E-state index is 14.6. The number of nitrogens with zero attached hydrogens (tertiary/aromatic N) is 5. The third-order valence-corrected chi connectivity index (χ3v) is 7.93. The van der Waals surface area contributed by atoms with Gasteiger partial charge in [0.1, 0.15) is 5.60 Å². The highest BCUT2D eigenvalue weighted by molar-refractivity contribution is 5.95. The van der Waals surface area contributed by atoms with Crippen molar-refractivity contribution in [2.24, 2.45) is 11.8 Å². The summed E-state index contributed by atoms with van der Waals surface area (Å²) in [5.74, 6) is -0.715. The van der Waals surface area contributed by atoms with Crippen molar-refractivity contribution in [2.45, 2.75) is 79.0 Å². The quantitative estimate of drug-likeness (QED) is 0.363. The van der Waals surface area contributed by atoms with Crippen LogP contribution in [0, 0.1) is 11.8 Å². The Bertz CT molecular complexity index is 1340. The van der Waals surface area contributed by atoms with E-state index in [2.05, 4.69) is 0 Å². The number of rotatable bonds is 10. The number of hydrogen-bond acceptors (Lipinski definition) is 8. The first-order chi connectivity index (χ1) is 21.4. The van der Waals surface area contributed by atoms with Crippen LogP contribution in [0.15, 0.2) is 24.3 Å². The molecule has 0 saturated carbocycles. The van der Waals surface area contributed by atoms with Gasteiger partial charge in [-0.2, -0.15) is 0 Å². The monoisotopic (exact) mass is 627 g/mol. The number of amides is 3. The maximum Gasteiger partial charge on any atom is 0.410 e. The SMILES string of the molecule is CCOC(=O)CCCn1c(C(=O)N(CC(C)C)[C@H]2C[C@@H](C(=O)N3CCOCC3)CN(C(=O)OC(C)(C)C)C2)nc2ccccc21. The predicted molar refractivity (Wildman–Crippen MR) is 169 cm³/mol. The molecule has 12 heteroatoms. The Morgan fingerprint density at radius 1 is 1.07 bits per heavy atom. The lowest BCUT2D eigenvalue weighted by Gasteiger charge is -2.44. The Labute approximate surface area is 265 Å². The normalized spacial score (nSPS) is 19.1. The van der Waals surface area contributed by atoms with Gasteiger partial charge in [0.15, 0.2) is 5.82 Å². The molecule has 0 bridgehead atoms. The van der Waals surface area contributed by atoms with E-state index in [-0.39, 0.29) is 49.0 Å². The Morgan fingerprint density at radius 2 is 1.78 bits per heavy atom. The molecule has 1 aromatic carbocycles. The second-order valence-corrected chi connectivity index (χ2v) is 13.2. The van der Waals surface area contributed by atoms with E-state index in [0.29, 0.717) is 64.4 Å². The van der Waals surface area contributed by atoms with Crippen LogP contribution in [-0.4, -0.2) is 112 Å². The number of para-hydroxylation sites is 2. The number of ether oxygens (including phenoxy) is 3. The van der Waals surface area contributed by atoms with Crippen LogP contribution in [0.5, 0.6) is 0 Å². The van der Waals surface area contributed by atoms with Crippen molar-refractivity contribution >= 4 is 34.9 Å². The van der Waals surface area contributed by atoms with Gasteiger partial charge in [-0.3, -0.25) is 14.4 Å². The van der Waals surface area contributed by atoms with Crippen LogP contribution in [-0.2, 0) is 30.3 Å². The van der Waals surface area contributed by atoms with Crippen LogP contribution in [0.4, 0.5) is 4.79 Å². The molecule has 2 atom stereocenters. The average molecular weight is 628 g/mol. The number of benzene rings is 1. The fraction of sp³-hybridized carbons (Fsp3) is 0.667. The number of esters is 1. The third kappa shape index (κ3) is 8.96. The van der Waals surface area contributed by atoms with Crippen molar-refractivity contribution in [1.29, 1.82) is 0 Å². The number of carbonyl (C=O) groups is 4. The van der Waals surface area contributed by atoms with Gasteiger partial charge in [-0.05, 0) is 58.6 Å². The number of imidazole rings is 1. The molecule has 0 aliphatic carbocycles. The molecule has 0 radical (unpaired) electrons. The van der Waals surface area contributed by atoms with Crippen molar-refractivity contribution < 1.29 is 33.4 Å². The summed E-state index contributed by atoms with van der Waals surface area (Å²) in [7, 11) is 0. The summed E-state index contributed by atoms with van der Waals surface area (Å²) >= 11 is 0. The van der Waals surface area contributed by atoms with Crippen LogP contribution >= 0.6 is 0 Å². The van der Waals surface area contributed by atoms with E-state index in [1.165, 1.54) is 0 Å². The van der Waals surface area contributed by atoms with Crippen molar-refractivity contribution in [3.05, 3.63) is 30.1 Å². The minimum absolute atomic E-state index is 0.0419. The Balaban J connectivity index is 1.67. The van der Waals surface area contributed by atoms with Crippen LogP contribution in [0.3, 0.4) is 0 Å². The number of morpholine rings is 1. The van der Waals surface area contributed by atoms with Gasteiger partial charge in [0.25, 0.3) is 5.91 Å². The summed E-state index contributed by atoms with van der Waals surface area (Å²) in [6.45, 7) is 14.8. The first-order valence-electron chi connectivity index (χ1n) is 16.1. The molecule has 2 fully saturated rings. The molecule has 2 aliphatic heterocycles.